The lowest BCUT2D eigenvalue weighted by Crippen LogP contribution is -2.67. The molecule has 0 bridgehead atoms. The average molecular weight is 626 g/mol. The Bertz CT molecular complexity index is 1510. The van der Waals surface area contributed by atoms with Crippen LogP contribution in [0.2, 0.25) is 20.1 Å². The zero-order valence-electron chi connectivity index (χ0n) is 21.4. The zero-order chi connectivity index (χ0) is 29.0. The Hall–Kier alpha value is -3.37. The molecule has 0 spiro atoms. The second-order valence-electron chi connectivity index (χ2n) is 8.74. The first kappa shape index (κ1) is 28.2. The predicted octanol–water partition coefficient (Wildman–Crippen LogP) is 6.09. The lowest BCUT2D eigenvalue weighted by atomic mass is 9.86. The third kappa shape index (κ3) is 4.03. The molecule has 13 heteroatoms. The number of hydrogen-bond acceptors (Lipinski definition) is 7. The summed E-state index contributed by atoms with van der Waals surface area (Å²) in [6, 6.07) is 7.91. The van der Waals surface area contributed by atoms with Gasteiger partial charge in [-0.2, -0.15) is 0 Å². The Kier molecular flexibility index (Phi) is 7.43. The molecule has 40 heavy (non-hydrogen) atoms. The maximum absolute atomic E-state index is 13.8. The lowest BCUT2D eigenvalue weighted by Gasteiger charge is -2.49. The van der Waals surface area contributed by atoms with Crippen molar-refractivity contribution in [3.8, 4) is 23.0 Å². The standard InChI is InChI=1S/C27H20Cl4N2O7/c1-37-13-7-5-12(6-8-13)32-22(11-9-14(38-2)24(40-4)15(10-11)39-3)23(27(32)36)33-25(34)16-17(26(33)35)19(29)21(31)20(30)18(16)28/h5-10,22-23H,1-4H3/t22-,23-/m1/s1. The molecule has 0 N–H and O–H groups in total. The number of imide groups is 1. The minimum Gasteiger partial charge on any atom is -0.497 e. The van der Waals surface area contributed by atoms with Crippen LogP contribution >= 0.6 is 46.4 Å². The summed E-state index contributed by atoms with van der Waals surface area (Å²) in [6.07, 6.45) is 0. The number of halogens is 4. The molecule has 2 heterocycles. The fourth-order valence-corrected chi connectivity index (χ4v) is 5.99. The van der Waals surface area contributed by atoms with E-state index in [2.05, 4.69) is 0 Å². The molecule has 0 aliphatic carbocycles. The van der Waals surface area contributed by atoms with Crippen LogP contribution in [0.25, 0.3) is 0 Å². The first-order valence-corrected chi connectivity index (χ1v) is 13.1. The van der Waals surface area contributed by atoms with Crippen molar-refractivity contribution in [2.75, 3.05) is 33.3 Å². The molecule has 208 valence electrons. The van der Waals surface area contributed by atoms with Crippen molar-refractivity contribution in [2.45, 2.75) is 12.1 Å². The van der Waals surface area contributed by atoms with Gasteiger partial charge in [-0.25, -0.2) is 0 Å². The quantitative estimate of drug-likeness (QED) is 0.136. The molecule has 2 aliphatic rings. The fraction of sp³-hybridized carbons (Fsp3) is 0.222. The van der Waals surface area contributed by atoms with Crippen LogP contribution in [0.15, 0.2) is 36.4 Å². The van der Waals surface area contributed by atoms with E-state index >= 15 is 0 Å². The van der Waals surface area contributed by atoms with Gasteiger partial charge in [0.2, 0.25) is 5.75 Å². The topological polar surface area (TPSA) is 94.6 Å². The third-order valence-corrected chi connectivity index (χ3v) is 8.66. The number of anilines is 1. The third-order valence-electron chi connectivity index (χ3n) is 6.86. The number of methoxy groups -OCH3 is 4. The van der Waals surface area contributed by atoms with Crippen molar-refractivity contribution in [3.63, 3.8) is 0 Å². The van der Waals surface area contributed by atoms with E-state index in [1.807, 2.05) is 0 Å². The second-order valence-corrected chi connectivity index (χ2v) is 10.3. The number of nitrogens with zero attached hydrogens (tertiary/aromatic N) is 2. The highest BCUT2D eigenvalue weighted by molar-refractivity contribution is 6.55. The van der Waals surface area contributed by atoms with Crippen molar-refractivity contribution in [1.29, 1.82) is 0 Å². The summed E-state index contributed by atoms with van der Waals surface area (Å²) in [6.45, 7) is 0. The molecule has 0 unspecified atom stereocenters. The number of hydrogen-bond donors (Lipinski definition) is 0. The van der Waals surface area contributed by atoms with Crippen LogP contribution < -0.4 is 23.8 Å². The van der Waals surface area contributed by atoms with Gasteiger partial charge in [0.1, 0.15) is 11.8 Å². The molecule has 0 radical (unpaired) electrons. The maximum atomic E-state index is 13.8. The second kappa shape index (κ2) is 10.6. The van der Waals surface area contributed by atoms with Crippen molar-refractivity contribution in [2.24, 2.45) is 0 Å². The molecular weight excluding hydrogens is 606 g/mol. The van der Waals surface area contributed by atoms with Crippen LogP contribution in [0.3, 0.4) is 0 Å². The minimum atomic E-state index is -1.28. The summed E-state index contributed by atoms with van der Waals surface area (Å²) in [5, 5.41) is -0.794. The lowest BCUT2D eigenvalue weighted by molar-refractivity contribution is -0.130. The summed E-state index contributed by atoms with van der Waals surface area (Å²) in [4.78, 5) is 43.5. The van der Waals surface area contributed by atoms with Gasteiger partial charge < -0.3 is 23.8 Å². The highest BCUT2D eigenvalue weighted by Gasteiger charge is 2.58. The van der Waals surface area contributed by atoms with E-state index in [0.717, 1.165) is 4.90 Å². The van der Waals surface area contributed by atoms with Crippen LogP contribution in [-0.2, 0) is 4.79 Å². The van der Waals surface area contributed by atoms with Gasteiger partial charge in [0.05, 0.1) is 65.7 Å². The van der Waals surface area contributed by atoms with Crippen molar-refractivity contribution in [1.82, 2.24) is 4.90 Å². The monoisotopic (exact) mass is 624 g/mol. The Morgan fingerprint density at radius 3 is 1.55 bits per heavy atom. The molecule has 0 aromatic heterocycles. The molecule has 9 nitrogen and oxygen atoms in total. The first-order valence-electron chi connectivity index (χ1n) is 11.6. The van der Waals surface area contributed by atoms with Gasteiger partial charge in [0.25, 0.3) is 17.7 Å². The van der Waals surface area contributed by atoms with Gasteiger partial charge in [-0.1, -0.05) is 46.4 Å². The van der Waals surface area contributed by atoms with E-state index < -0.39 is 29.8 Å². The molecule has 5 rings (SSSR count). The number of amides is 3. The molecule has 1 fully saturated rings. The summed E-state index contributed by atoms with van der Waals surface area (Å²) >= 11 is 25.0. The average Bonchev–Trinajstić information content (AvgIpc) is 3.22. The smallest absolute Gasteiger partial charge is 0.264 e. The molecule has 3 amide bonds. The predicted molar refractivity (Wildman–Crippen MR) is 150 cm³/mol. The van der Waals surface area contributed by atoms with Gasteiger partial charge in [0.15, 0.2) is 11.5 Å². The number of carbonyl (C=O) groups excluding carboxylic acids is 3. The Morgan fingerprint density at radius 2 is 1.12 bits per heavy atom. The van der Waals surface area contributed by atoms with E-state index in [1.165, 1.54) is 33.3 Å². The number of β-lactam (4-membered cyclic amide) rings is 1. The molecule has 1 saturated heterocycles. The normalized spacial score (nSPS) is 18.1. The molecule has 0 saturated carbocycles. The van der Waals surface area contributed by atoms with Crippen molar-refractivity contribution in [3.05, 3.63) is 73.2 Å². The van der Waals surface area contributed by atoms with Crippen LogP contribution in [0.4, 0.5) is 5.69 Å². The van der Waals surface area contributed by atoms with Crippen LogP contribution in [-0.4, -0.2) is 57.1 Å². The van der Waals surface area contributed by atoms with Gasteiger partial charge in [-0.05, 0) is 42.0 Å². The summed E-state index contributed by atoms with van der Waals surface area (Å²) in [7, 11) is 5.89. The number of ether oxygens (including phenoxy) is 4. The van der Waals surface area contributed by atoms with E-state index in [9.17, 15) is 14.4 Å². The van der Waals surface area contributed by atoms with Crippen LogP contribution in [0.1, 0.15) is 32.3 Å². The fourth-order valence-electron chi connectivity index (χ4n) is 4.98. The summed E-state index contributed by atoms with van der Waals surface area (Å²) < 4.78 is 21.7. The van der Waals surface area contributed by atoms with E-state index in [0.29, 0.717) is 34.2 Å². The molecule has 3 aromatic rings. The minimum absolute atomic E-state index is 0.170. The summed E-state index contributed by atoms with van der Waals surface area (Å²) in [5.41, 5.74) is 0.565. The van der Waals surface area contributed by atoms with Gasteiger partial charge >= 0.3 is 0 Å². The highest BCUT2D eigenvalue weighted by atomic mass is 35.5. The zero-order valence-corrected chi connectivity index (χ0v) is 24.4. The summed E-state index contributed by atoms with van der Waals surface area (Å²) in [5.74, 6) is -0.631. The van der Waals surface area contributed by atoms with Gasteiger partial charge in [0, 0.05) is 5.69 Å². The van der Waals surface area contributed by atoms with Crippen LogP contribution in [0.5, 0.6) is 23.0 Å². The van der Waals surface area contributed by atoms with E-state index in [-0.39, 0.29) is 31.2 Å². The largest absolute Gasteiger partial charge is 0.497 e. The Balaban J connectivity index is 1.68. The Morgan fingerprint density at radius 1 is 0.625 bits per heavy atom. The maximum Gasteiger partial charge on any atom is 0.264 e. The van der Waals surface area contributed by atoms with E-state index in [1.54, 1.807) is 36.4 Å². The molecule has 2 aliphatic heterocycles. The Labute approximate surface area is 248 Å². The van der Waals surface area contributed by atoms with Gasteiger partial charge in [-0.3, -0.25) is 19.3 Å². The van der Waals surface area contributed by atoms with Crippen molar-refractivity contribution >= 4 is 69.8 Å². The molecule has 2 atom stereocenters. The SMILES string of the molecule is COc1ccc(N2C(=O)[C@H](N3C(=O)c4c(Cl)c(Cl)c(Cl)c(Cl)c4C3=O)[C@H]2c2cc(OC)c(OC)c(OC)c2)cc1. The highest BCUT2D eigenvalue weighted by Crippen LogP contribution is 2.51. The van der Waals surface area contributed by atoms with Crippen molar-refractivity contribution < 1.29 is 33.3 Å². The van der Waals surface area contributed by atoms with Gasteiger partial charge in [-0.15, -0.1) is 0 Å². The molecular formula is C27H20Cl4N2O7. The number of benzene rings is 3. The van der Waals surface area contributed by atoms with E-state index in [4.69, 9.17) is 65.4 Å². The van der Waals surface area contributed by atoms with Crippen LogP contribution in [0, 0.1) is 0 Å². The first-order chi connectivity index (χ1) is 19.1. The number of carbonyl (C=O) groups is 3. The number of rotatable bonds is 7. The number of fused-ring (bicyclic) bond motifs is 1. The molecule has 3 aromatic carbocycles.